The fourth-order valence-corrected chi connectivity index (χ4v) is 9.79. The molecule has 1 aliphatic heterocycles. The molecule has 7 heteroatoms. The molecule has 184 valence electrons. The molecule has 2 heterocycles. The molecular weight excluding hydrogens is 456 g/mol. The summed E-state index contributed by atoms with van der Waals surface area (Å²) in [6.45, 7) is 11.1. The van der Waals surface area contributed by atoms with Crippen LogP contribution in [0.4, 0.5) is 0 Å². The number of rotatable bonds is 8. The highest BCUT2D eigenvalue weighted by Crippen LogP contribution is 2.39. The molecular formula is C28H34N2O4Si. The van der Waals surface area contributed by atoms with Crippen molar-refractivity contribution in [3.8, 4) is 0 Å². The van der Waals surface area contributed by atoms with Gasteiger partial charge in [-0.05, 0) is 34.2 Å². The maximum atomic E-state index is 12.4. The molecule has 0 unspecified atom stereocenters. The fraction of sp³-hybridized carbons (Fsp3) is 0.357. The Morgan fingerprint density at radius 2 is 1.66 bits per heavy atom. The highest BCUT2D eigenvalue weighted by Gasteiger charge is 2.51. The van der Waals surface area contributed by atoms with Gasteiger partial charge in [0.1, 0.15) is 6.23 Å². The summed E-state index contributed by atoms with van der Waals surface area (Å²) < 4.78 is 15.0. The Labute approximate surface area is 207 Å². The predicted octanol–water partition coefficient (Wildman–Crippen LogP) is 3.59. The largest absolute Gasteiger partial charge is 0.405 e. The summed E-state index contributed by atoms with van der Waals surface area (Å²) in [6.07, 6.45) is 4.12. The molecule has 0 saturated carbocycles. The lowest BCUT2D eigenvalue weighted by Gasteiger charge is -2.43. The highest BCUT2D eigenvalue weighted by molar-refractivity contribution is 6.99. The Bertz CT molecular complexity index is 1210. The second kappa shape index (κ2) is 10.3. The number of nitrogens with zero attached hydrogens (tertiary/aromatic N) is 1. The van der Waals surface area contributed by atoms with E-state index in [2.05, 4.69) is 80.9 Å². The van der Waals surface area contributed by atoms with Gasteiger partial charge in [0.25, 0.3) is 13.9 Å². The lowest BCUT2D eigenvalue weighted by atomic mass is 9.97. The van der Waals surface area contributed by atoms with E-state index in [1.165, 1.54) is 27.2 Å². The molecule has 1 aliphatic rings. The molecule has 1 fully saturated rings. The van der Waals surface area contributed by atoms with E-state index < -0.39 is 25.8 Å². The molecule has 0 aliphatic carbocycles. The van der Waals surface area contributed by atoms with Crippen molar-refractivity contribution in [1.29, 1.82) is 0 Å². The minimum absolute atomic E-state index is 0.141. The smallest absolute Gasteiger partial charge is 0.330 e. The van der Waals surface area contributed by atoms with Gasteiger partial charge >= 0.3 is 5.69 Å². The summed E-state index contributed by atoms with van der Waals surface area (Å²) in [4.78, 5) is 26.2. The predicted molar refractivity (Wildman–Crippen MR) is 142 cm³/mol. The Balaban J connectivity index is 1.69. The van der Waals surface area contributed by atoms with E-state index in [1.54, 1.807) is 0 Å². The molecule has 0 radical (unpaired) electrons. The maximum Gasteiger partial charge on any atom is 0.330 e. The van der Waals surface area contributed by atoms with Gasteiger partial charge in [0.15, 0.2) is 0 Å². The SMILES string of the molecule is C=CC[C@H]1C[C@H](n2ccc(=O)[nH]c2=O)O[C@@H]1CO[Si](c1ccccc1)(c1ccccc1)C(C)(C)C. The van der Waals surface area contributed by atoms with Crippen LogP contribution >= 0.6 is 0 Å². The summed E-state index contributed by atoms with van der Waals surface area (Å²) >= 11 is 0. The van der Waals surface area contributed by atoms with Crippen LogP contribution < -0.4 is 21.6 Å². The minimum atomic E-state index is -2.71. The molecule has 3 atom stereocenters. The zero-order chi connectivity index (χ0) is 25.1. The van der Waals surface area contributed by atoms with Crippen LogP contribution in [-0.4, -0.2) is 30.6 Å². The van der Waals surface area contributed by atoms with Gasteiger partial charge in [-0.1, -0.05) is 87.5 Å². The van der Waals surface area contributed by atoms with E-state index in [4.69, 9.17) is 9.16 Å². The van der Waals surface area contributed by atoms with E-state index in [0.29, 0.717) is 13.0 Å². The molecule has 0 amide bonds. The van der Waals surface area contributed by atoms with E-state index in [0.717, 1.165) is 6.42 Å². The number of aromatic amines is 1. The van der Waals surface area contributed by atoms with Crippen LogP contribution in [0.5, 0.6) is 0 Å². The lowest BCUT2D eigenvalue weighted by Crippen LogP contribution is -2.67. The molecule has 0 bridgehead atoms. The van der Waals surface area contributed by atoms with Crippen LogP contribution in [-0.2, 0) is 9.16 Å². The van der Waals surface area contributed by atoms with Crippen LogP contribution in [0.25, 0.3) is 0 Å². The topological polar surface area (TPSA) is 73.3 Å². The van der Waals surface area contributed by atoms with E-state index in [1.807, 2.05) is 18.2 Å². The quantitative estimate of drug-likeness (QED) is 0.387. The van der Waals surface area contributed by atoms with Crippen molar-refractivity contribution in [3.05, 3.63) is 106 Å². The van der Waals surface area contributed by atoms with Crippen LogP contribution in [0.2, 0.25) is 5.04 Å². The van der Waals surface area contributed by atoms with Crippen molar-refractivity contribution >= 4 is 18.7 Å². The Morgan fingerprint density at radius 3 is 2.17 bits per heavy atom. The first-order chi connectivity index (χ1) is 16.8. The first kappa shape index (κ1) is 25.1. The third kappa shape index (κ3) is 5.03. The summed E-state index contributed by atoms with van der Waals surface area (Å²) in [5.74, 6) is 0.148. The van der Waals surface area contributed by atoms with Crippen molar-refractivity contribution in [2.75, 3.05) is 6.61 Å². The van der Waals surface area contributed by atoms with Gasteiger partial charge in [-0.2, -0.15) is 0 Å². The van der Waals surface area contributed by atoms with Crippen molar-refractivity contribution in [1.82, 2.24) is 9.55 Å². The number of benzene rings is 2. The van der Waals surface area contributed by atoms with E-state index in [9.17, 15) is 9.59 Å². The van der Waals surface area contributed by atoms with Crippen molar-refractivity contribution < 1.29 is 9.16 Å². The monoisotopic (exact) mass is 490 g/mol. The number of hydrogen-bond donors (Lipinski definition) is 1. The molecule has 3 aromatic rings. The first-order valence-corrected chi connectivity index (χ1v) is 14.0. The minimum Gasteiger partial charge on any atom is -0.405 e. The van der Waals surface area contributed by atoms with Crippen LogP contribution in [0.1, 0.15) is 39.8 Å². The van der Waals surface area contributed by atoms with Crippen molar-refractivity contribution in [3.63, 3.8) is 0 Å². The van der Waals surface area contributed by atoms with Gasteiger partial charge in [0.2, 0.25) is 0 Å². The Kier molecular flexibility index (Phi) is 7.40. The molecule has 1 N–H and O–H groups in total. The molecule has 4 rings (SSSR count). The number of nitrogens with one attached hydrogen (secondary N) is 1. The third-order valence-corrected chi connectivity index (χ3v) is 11.9. The Hall–Kier alpha value is -3.00. The molecule has 0 spiro atoms. The molecule has 35 heavy (non-hydrogen) atoms. The molecule has 6 nitrogen and oxygen atoms in total. The third-order valence-electron chi connectivity index (χ3n) is 6.87. The normalized spacial score (nSPS) is 20.6. The second-order valence-electron chi connectivity index (χ2n) is 10.1. The number of H-pyrrole nitrogens is 1. The fourth-order valence-electron chi connectivity index (χ4n) is 5.22. The molecule has 1 aromatic heterocycles. The zero-order valence-electron chi connectivity index (χ0n) is 20.6. The highest BCUT2D eigenvalue weighted by atomic mass is 28.4. The lowest BCUT2D eigenvalue weighted by molar-refractivity contribution is -0.0291. The summed E-state index contributed by atoms with van der Waals surface area (Å²) in [5.41, 5.74) is -0.883. The first-order valence-electron chi connectivity index (χ1n) is 12.1. The molecule has 1 saturated heterocycles. The van der Waals surface area contributed by atoms with Crippen LogP contribution in [0, 0.1) is 5.92 Å². The standard InChI is InChI=1S/C28H34N2O4Si/c1-5-12-21-19-26(30-18-17-25(31)29-27(30)32)34-24(21)20-33-35(28(2,3)4,22-13-8-6-9-14-22)23-15-10-7-11-16-23/h5-11,13-18,21,24,26H,1,12,19-20H2,2-4H3,(H,29,31,32)/t21-,24+,26+/m0/s1. The van der Waals surface area contributed by atoms with E-state index in [-0.39, 0.29) is 17.1 Å². The maximum absolute atomic E-state index is 12.4. The van der Waals surface area contributed by atoms with Crippen LogP contribution in [0.15, 0.2) is 95.2 Å². The molecule has 2 aromatic carbocycles. The van der Waals surface area contributed by atoms with Crippen LogP contribution in [0.3, 0.4) is 0 Å². The van der Waals surface area contributed by atoms with Crippen molar-refractivity contribution in [2.24, 2.45) is 5.92 Å². The summed E-state index contributed by atoms with van der Waals surface area (Å²) in [7, 11) is -2.71. The van der Waals surface area contributed by atoms with Gasteiger partial charge in [0, 0.05) is 12.3 Å². The van der Waals surface area contributed by atoms with Gasteiger partial charge in [-0.15, -0.1) is 6.58 Å². The Morgan fingerprint density at radius 1 is 1.06 bits per heavy atom. The second-order valence-corrected chi connectivity index (χ2v) is 14.4. The van der Waals surface area contributed by atoms with Gasteiger partial charge in [-0.25, -0.2) is 4.79 Å². The average molecular weight is 491 g/mol. The number of ether oxygens (including phenoxy) is 1. The zero-order valence-corrected chi connectivity index (χ0v) is 21.6. The average Bonchev–Trinajstić information content (AvgIpc) is 3.22. The van der Waals surface area contributed by atoms with Crippen molar-refractivity contribution in [2.45, 2.75) is 51.0 Å². The van der Waals surface area contributed by atoms with E-state index >= 15 is 0 Å². The number of hydrogen-bond acceptors (Lipinski definition) is 4. The van der Waals surface area contributed by atoms with Gasteiger partial charge in [0.05, 0.1) is 12.7 Å². The summed E-state index contributed by atoms with van der Waals surface area (Å²) in [6, 6.07) is 22.4. The van der Waals surface area contributed by atoms with Gasteiger partial charge < -0.3 is 9.16 Å². The van der Waals surface area contributed by atoms with Gasteiger partial charge in [-0.3, -0.25) is 14.3 Å². The number of aromatic nitrogens is 2. The summed E-state index contributed by atoms with van der Waals surface area (Å²) in [5, 5.41) is 2.29. The number of allylic oxidation sites excluding steroid dienone is 1.